The molecule has 29 heavy (non-hydrogen) atoms. The van der Waals surface area contributed by atoms with E-state index in [-0.39, 0.29) is 18.0 Å². The number of rotatable bonds is 7. The van der Waals surface area contributed by atoms with Gasteiger partial charge in [-0.3, -0.25) is 4.31 Å². The summed E-state index contributed by atoms with van der Waals surface area (Å²) in [5.41, 5.74) is 0.886. The predicted molar refractivity (Wildman–Crippen MR) is 109 cm³/mol. The third kappa shape index (κ3) is 4.54. The SMILES string of the molecule is CCN(c1ccccc1)S(=O)(=O)c1ccc(N(C)Cc2ccc(F)cc2F)nc1. The molecule has 0 aliphatic carbocycles. The molecule has 0 fully saturated rings. The summed E-state index contributed by atoms with van der Waals surface area (Å²) in [5, 5.41) is 0. The highest BCUT2D eigenvalue weighted by Crippen LogP contribution is 2.24. The summed E-state index contributed by atoms with van der Waals surface area (Å²) in [7, 11) is -2.07. The van der Waals surface area contributed by atoms with Crippen LogP contribution in [-0.2, 0) is 16.6 Å². The summed E-state index contributed by atoms with van der Waals surface area (Å²) in [4.78, 5) is 5.94. The van der Waals surface area contributed by atoms with Crippen LogP contribution in [0.2, 0.25) is 0 Å². The average Bonchev–Trinajstić information content (AvgIpc) is 2.71. The van der Waals surface area contributed by atoms with Crippen molar-refractivity contribution < 1.29 is 17.2 Å². The normalized spacial score (nSPS) is 11.3. The van der Waals surface area contributed by atoms with Crippen molar-refractivity contribution in [2.75, 3.05) is 22.8 Å². The maximum atomic E-state index is 13.9. The van der Waals surface area contributed by atoms with Crippen molar-refractivity contribution in [3.8, 4) is 0 Å². The molecule has 0 spiro atoms. The van der Waals surface area contributed by atoms with Gasteiger partial charge < -0.3 is 4.90 Å². The molecule has 1 aromatic heterocycles. The number of hydrogen-bond donors (Lipinski definition) is 0. The lowest BCUT2D eigenvalue weighted by Gasteiger charge is -2.23. The van der Waals surface area contributed by atoms with Crippen LogP contribution in [-0.4, -0.2) is 27.0 Å². The topological polar surface area (TPSA) is 53.5 Å². The Morgan fingerprint density at radius 2 is 1.72 bits per heavy atom. The molecule has 3 rings (SSSR count). The third-order valence-corrected chi connectivity index (χ3v) is 6.34. The molecular formula is C21H21F2N3O2S. The van der Waals surface area contributed by atoms with Crippen molar-refractivity contribution in [2.45, 2.75) is 18.4 Å². The number of aromatic nitrogens is 1. The van der Waals surface area contributed by atoms with Crippen molar-refractivity contribution >= 4 is 21.5 Å². The van der Waals surface area contributed by atoms with Crippen LogP contribution in [0.1, 0.15) is 12.5 Å². The standard InChI is InChI=1S/C21H21F2N3O2S/c1-3-26(18-7-5-4-6-8-18)29(27,28)19-11-12-21(24-14-19)25(2)15-16-9-10-17(22)13-20(16)23/h4-14H,3,15H2,1-2H3. The number of hydrogen-bond acceptors (Lipinski definition) is 4. The molecule has 0 saturated heterocycles. The summed E-state index contributed by atoms with van der Waals surface area (Å²) in [6.07, 6.45) is 1.29. The van der Waals surface area contributed by atoms with Gasteiger partial charge in [0.25, 0.3) is 10.0 Å². The largest absolute Gasteiger partial charge is 0.355 e. The van der Waals surface area contributed by atoms with Gasteiger partial charge in [-0.05, 0) is 37.3 Å². The number of nitrogens with zero attached hydrogens (tertiary/aromatic N) is 3. The fourth-order valence-corrected chi connectivity index (χ4v) is 4.37. The van der Waals surface area contributed by atoms with Crippen molar-refractivity contribution in [3.05, 3.63) is 84.1 Å². The van der Waals surface area contributed by atoms with Gasteiger partial charge in [0.1, 0.15) is 22.3 Å². The summed E-state index contributed by atoms with van der Waals surface area (Å²) in [5.74, 6) is -0.812. The van der Waals surface area contributed by atoms with Crippen LogP contribution in [0.15, 0.2) is 71.8 Å². The molecule has 0 unspecified atom stereocenters. The summed E-state index contributed by atoms with van der Waals surface area (Å²) in [6, 6.07) is 15.3. The van der Waals surface area contributed by atoms with Gasteiger partial charge >= 0.3 is 0 Å². The lowest BCUT2D eigenvalue weighted by molar-refractivity contribution is 0.571. The molecule has 0 atom stereocenters. The van der Waals surface area contributed by atoms with E-state index < -0.39 is 21.7 Å². The van der Waals surface area contributed by atoms with Crippen LogP contribution in [0.3, 0.4) is 0 Å². The van der Waals surface area contributed by atoms with Crippen molar-refractivity contribution in [2.24, 2.45) is 0 Å². The number of benzene rings is 2. The van der Waals surface area contributed by atoms with E-state index in [4.69, 9.17) is 0 Å². The van der Waals surface area contributed by atoms with Crippen molar-refractivity contribution in [1.29, 1.82) is 0 Å². The second kappa shape index (κ2) is 8.57. The highest BCUT2D eigenvalue weighted by molar-refractivity contribution is 7.92. The lowest BCUT2D eigenvalue weighted by atomic mass is 10.2. The van der Waals surface area contributed by atoms with Gasteiger partial charge in [0.15, 0.2) is 0 Å². The number of anilines is 2. The Morgan fingerprint density at radius 1 is 1.00 bits per heavy atom. The van der Waals surface area contributed by atoms with Crippen LogP contribution in [0.4, 0.5) is 20.3 Å². The van der Waals surface area contributed by atoms with Gasteiger partial charge in [-0.25, -0.2) is 22.2 Å². The van der Waals surface area contributed by atoms with Gasteiger partial charge in [0, 0.05) is 38.0 Å². The first-order chi connectivity index (χ1) is 13.8. The van der Waals surface area contributed by atoms with E-state index in [2.05, 4.69) is 4.98 Å². The molecule has 0 bridgehead atoms. The molecule has 0 aliphatic rings. The minimum Gasteiger partial charge on any atom is -0.355 e. The molecule has 0 N–H and O–H groups in total. The molecule has 152 valence electrons. The first-order valence-electron chi connectivity index (χ1n) is 9.02. The number of para-hydroxylation sites is 1. The van der Waals surface area contributed by atoms with E-state index in [1.54, 1.807) is 49.2 Å². The Kier molecular flexibility index (Phi) is 6.12. The number of halogens is 2. The number of sulfonamides is 1. The first kappa shape index (κ1) is 20.7. The minimum absolute atomic E-state index is 0.0633. The maximum Gasteiger partial charge on any atom is 0.265 e. The second-order valence-electron chi connectivity index (χ2n) is 6.45. The van der Waals surface area contributed by atoms with E-state index in [0.29, 0.717) is 17.1 Å². The summed E-state index contributed by atoms with van der Waals surface area (Å²) < 4.78 is 54.2. The van der Waals surface area contributed by atoms with Crippen LogP contribution < -0.4 is 9.21 Å². The van der Waals surface area contributed by atoms with Gasteiger partial charge in [-0.15, -0.1) is 0 Å². The van der Waals surface area contributed by atoms with Crippen molar-refractivity contribution in [1.82, 2.24) is 4.98 Å². The minimum atomic E-state index is -3.77. The zero-order valence-corrected chi connectivity index (χ0v) is 16.9. The van der Waals surface area contributed by atoms with Gasteiger partial charge in [-0.1, -0.05) is 24.3 Å². The molecule has 2 aromatic carbocycles. The molecule has 3 aromatic rings. The highest BCUT2D eigenvalue weighted by Gasteiger charge is 2.24. The smallest absolute Gasteiger partial charge is 0.265 e. The highest BCUT2D eigenvalue weighted by atomic mass is 32.2. The third-order valence-electron chi connectivity index (χ3n) is 4.45. The van der Waals surface area contributed by atoms with E-state index in [9.17, 15) is 17.2 Å². The molecule has 0 amide bonds. The van der Waals surface area contributed by atoms with Gasteiger partial charge in [0.05, 0.1) is 5.69 Å². The molecule has 0 radical (unpaired) electrons. The molecule has 0 saturated carbocycles. The van der Waals surface area contributed by atoms with Gasteiger partial charge in [0.2, 0.25) is 0 Å². The predicted octanol–water partition coefficient (Wildman–Crippen LogP) is 4.21. The van der Waals surface area contributed by atoms with E-state index >= 15 is 0 Å². The van der Waals surface area contributed by atoms with Crippen LogP contribution in [0.5, 0.6) is 0 Å². The zero-order valence-electron chi connectivity index (χ0n) is 16.1. The Balaban J connectivity index is 1.81. The fraction of sp³-hybridized carbons (Fsp3) is 0.190. The molecular weight excluding hydrogens is 396 g/mol. The van der Waals surface area contributed by atoms with Crippen LogP contribution in [0.25, 0.3) is 0 Å². The second-order valence-corrected chi connectivity index (χ2v) is 8.31. The maximum absolute atomic E-state index is 13.9. The van der Waals surface area contributed by atoms with Gasteiger partial charge in [-0.2, -0.15) is 0 Å². The lowest BCUT2D eigenvalue weighted by Crippen LogP contribution is -2.31. The first-order valence-corrected chi connectivity index (χ1v) is 10.5. The molecule has 1 heterocycles. The Hall–Kier alpha value is -3.00. The molecule has 5 nitrogen and oxygen atoms in total. The van der Waals surface area contributed by atoms with Crippen molar-refractivity contribution in [3.63, 3.8) is 0 Å². The molecule has 0 aliphatic heterocycles. The average molecular weight is 417 g/mol. The monoisotopic (exact) mass is 417 g/mol. The number of pyridine rings is 1. The zero-order chi connectivity index (χ0) is 21.0. The van der Waals surface area contributed by atoms with Crippen LogP contribution in [0, 0.1) is 11.6 Å². The Labute approximate surface area is 169 Å². The fourth-order valence-electron chi connectivity index (χ4n) is 2.95. The molecule has 8 heteroatoms. The van der Waals surface area contributed by atoms with Crippen LogP contribution >= 0.6 is 0 Å². The van der Waals surface area contributed by atoms with E-state index in [0.717, 1.165) is 6.07 Å². The summed E-state index contributed by atoms with van der Waals surface area (Å²) >= 11 is 0. The summed E-state index contributed by atoms with van der Waals surface area (Å²) in [6.45, 7) is 2.20. The van der Waals surface area contributed by atoms with E-state index in [1.807, 2.05) is 6.07 Å². The quantitative estimate of drug-likeness (QED) is 0.578. The Bertz CT molecular complexity index is 1070. The Morgan fingerprint density at radius 3 is 2.31 bits per heavy atom. The van der Waals surface area contributed by atoms with E-state index in [1.165, 1.54) is 28.7 Å².